The number of rotatable bonds is 12. The molecule has 0 bridgehead atoms. The zero-order chi connectivity index (χ0) is 27.2. The van der Waals surface area contributed by atoms with E-state index in [1.54, 1.807) is 48.5 Å². The summed E-state index contributed by atoms with van der Waals surface area (Å²) in [5.74, 6) is 0.278. The lowest BCUT2D eigenvalue weighted by Gasteiger charge is -2.10. The average molecular weight is 513 g/mol. The Morgan fingerprint density at radius 1 is 0.595 bits per heavy atom. The van der Waals surface area contributed by atoms with Crippen LogP contribution >= 0.6 is 0 Å². The fourth-order valence-corrected chi connectivity index (χ4v) is 2.86. The molecule has 0 saturated heterocycles. The molecule has 4 amide bonds. The van der Waals surface area contributed by atoms with E-state index in [-0.39, 0.29) is 19.3 Å². The van der Waals surface area contributed by atoms with Crippen LogP contribution in [0.5, 0.6) is 11.5 Å². The first-order valence-corrected chi connectivity index (χ1v) is 12.3. The molecule has 4 N–H and O–H groups in total. The second-order valence-electron chi connectivity index (χ2n) is 9.32. The van der Waals surface area contributed by atoms with Gasteiger partial charge >= 0.3 is 0 Å². The quantitative estimate of drug-likeness (QED) is 0.323. The lowest BCUT2D eigenvalue weighted by atomic mass is 10.2. The number of hydrogen-bond acceptors (Lipinski definition) is 6. The summed E-state index contributed by atoms with van der Waals surface area (Å²) < 4.78 is 11.1. The maximum absolute atomic E-state index is 12.2. The molecule has 0 aliphatic heterocycles. The number of hydrazine groups is 2. The van der Waals surface area contributed by atoms with Crippen molar-refractivity contribution < 1.29 is 28.7 Å². The van der Waals surface area contributed by atoms with Crippen LogP contribution in [0.25, 0.3) is 0 Å². The molecular formula is C27H36N4O6. The van der Waals surface area contributed by atoms with Gasteiger partial charge in [0.15, 0.2) is 0 Å². The summed E-state index contributed by atoms with van der Waals surface area (Å²) in [5, 5.41) is 0. The minimum absolute atomic E-state index is 0.0153. The number of ether oxygens (including phenoxy) is 2. The summed E-state index contributed by atoms with van der Waals surface area (Å²) in [4.78, 5) is 48.3. The van der Waals surface area contributed by atoms with Gasteiger partial charge in [-0.25, -0.2) is 0 Å². The summed E-state index contributed by atoms with van der Waals surface area (Å²) in [6, 6.07) is 13.2. The first-order valence-electron chi connectivity index (χ1n) is 12.3. The SMILES string of the molecule is CC(C)COc1ccc(C(=O)NNC(=O)CCCC(=O)NNC(=O)c2ccc(OCC(C)C)cc2)cc1. The molecule has 0 aliphatic rings. The third-order valence-corrected chi connectivity index (χ3v) is 4.84. The summed E-state index contributed by atoms with van der Waals surface area (Å²) in [6.45, 7) is 9.32. The standard InChI is InChI=1S/C27H36N4O6/c1-18(2)16-36-22-12-8-20(9-13-22)26(34)30-28-24(32)6-5-7-25(33)29-31-27(35)21-10-14-23(15-11-21)37-17-19(3)4/h8-15,18-19H,5-7,16-17H2,1-4H3,(H,28,32)(H,29,33)(H,30,34)(H,31,35). The molecule has 37 heavy (non-hydrogen) atoms. The van der Waals surface area contributed by atoms with Crippen LogP contribution in [0.15, 0.2) is 48.5 Å². The molecule has 0 spiro atoms. The molecule has 0 saturated carbocycles. The summed E-state index contributed by atoms with van der Waals surface area (Å²) in [6.07, 6.45) is 0.260. The Bertz CT molecular complexity index is 952. The van der Waals surface area contributed by atoms with E-state index in [1.807, 2.05) is 27.7 Å². The van der Waals surface area contributed by atoms with E-state index in [2.05, 4.69) is 21.7 Å². The van der Waals surface area contributed by atoms with Crippen molar-refractivity contribution in [3.8, 4) is 11.5 Å². The van der Waals surface area contributed by atoms with Gasteiger partial charge in [0, 0.05) is 24.0 Å². The maximum atomic E-state index is 12.2. The van der Waals surface area contributed by atoms with Crippen molar-refractivity contribution in [3.63, 3.8) is 0 Å². The number of hydrogen-bond donors (Lipinski definition) is 4. The third kappa shape index (κ3) is 11.5. The second kappa shape index (κ2) is 15.1. The minimum Gasteiger partial charge on any atom is -0.493 e. The number of amides is 4. The van der Waals surface area contributed by atoms with Crippen LogP contribution < -0.4 is 31.2 Å². The highest BCUT2D eigenvalue weighted by Gasteiger charge is 2.11. The Morgan fingerprint density at radius 2 is 0.946 bits per heavy atom. The number of carbonyl (C=O) groups is 4. The van der Waals surface area contributed by atoms with Gasteiger partial charge in [-0.15, -0.1) is 0 Å². The molecular weight excluding hydrogens is 476 g/mol. The summed E-state index contributed by atoms with van der Waals surface area (Å²) in [5.41, 5.74) is 10.0. The zero-order valence-electron chi connectivity index (χ0n) is 21.8. The fourth-order valence-electron chi connectivity index (χ4n) is 2.86. The van der Waals surface area contributed by atoms with Crippen molar-refractivity contribution in [2.24, 2.45) is 11.8 Å². The predicted octanol–water partition coefficient (Wildman–Crippen LogP) is 3.15. The molecule has 2 aromatic rings. The van der Waals surface area contributed by atoms with E-state index in [1.165, 1.54) is 0 Å². The number of nitrogens with one attached hydrogen (secondary N) is 4. The smallest absolute Gasteiger partial charge is 0.269 e. The van der Waals surface area contributed by atoms with Gasteiger partial charge in [-0.05, 0) is 66.8 Å². The van der Waals surface area contributed by atoms with Gasteiger partial charge < -0.3 is 9.47 Å². The van der Waals surface area contributed by atoms with Crippen molar-refractivity contribution in [2.45, 2.75) is 47.0 Å². The molecule has 0 unspecified atom stereocenters. The van der Waals surface area contributed by atoms with E-state index in [4.69, 9.17) is 9.47 Å². The Balaban J connectivity index is 1.62. The monoisotopic (exact) mass is 512 g/mol. The summed E-state index contributed by atoms with van der Waals surface area (Å²) >= 11 is 0. The van der Waals surface area contributed by atoms with Crippen LogP contribution in [-0.2, 0) is 9.59 Å². The molecule has 10 nitrogen and oxygen atoms in total. The van der Waals surface area contributed by atoms with Gasteiger partial charge in [0.1, 0.15) is 11.5 Å². The number of benzene rings is 2. The highest BCUT2D eigenvalue weighted by atomic mass is 16.5. The van der Waals surface area contributed by atoms with E-state index < -0.39 is 23.6 Å². The first kappa shape index (κ1) is 29.2. The van der Waals surface area contributed by atoms with Gasteiger partial charge in [-0.3, -0.25) is 40.9 Å². The van der Waals surface area contributed by atoms with Crippen molar-refractivity contribution in [1.82, 2.24) is 21.7 Å². The van der Waals surface area contributed by atoms with Crippen LogP contribution in [-0.4, -0.2) is 36.8 Å². The topological polar surface area (TPSA) is 135 Å². The normalized spacial score (nSPS) is 10.5. The molecule has 200 valence electrons. The maximum Gasteiger partial charge on any atom is 0.269 e. The fraction of sp³-hybridized carbons (Fsp3) is 0.407. The van der Waals surface area contributed by atoms with Gasteiger partial charge in [-0.2, -0.15) is 0 Å². The molecule has 2 rings (SSSR count). The van der Waals surface area contributed by atoms with Crippen LogP contribution in [0.2, 0.25) is 0 Å². The summed E-state index contributed by atoms with van der Waals surface area (Å²) in [7, 11) is 0. The Hall–Kier alpha value is -4.08. The predicted molar refractivity (Wildman–Crippen MR) is 139 cm³/mol. The van der Waals surface area contributed by atoms with Crippen LogP contribution in [0.4, 0.5) is 0 Å². The lowest BCUT2D eigenvalue weighted by Crippen LogP contribution is -2.42. The molecule has 0 aromatic heterocycles. The Kier molecular flexibility index (Phi) is 11.9. The zero-order valence-corrected chi connectivity index (χ0v) is 21.8. The van der Waals surface area contributed by atoms with E-state index in [0.29, 0.717) is 47.7 Å². The highest BCUT2D eigenvalue weighted by Crippen LogP contribution is 2.14. The van der Waals surface area contributed by atoms with Gasteiger partial charge in [0.05, 0.1) is 13.2 Å². The van der Waals surface area contributed by atoms with E-state index >= 15 is 0 Å². The molecule has 0 heterocycles. The lowest BCUT2D eigenvalue weighted by molar-refractivity contribution is -0.123. The van der Waals surface area contributed by atoms with Crippen LogP contribution in [0, 0.1) is 11.8 Å². The molecule has 0 atom stereocenters. The first-order chi connectivity index (χ1) is 17.6. The van der Waals surface area contributed by atoms with Crippen molar-refractivity contribution in [2.75, 3.05) is 13.2 Å². The van der Waals surface area contributed by atoms with E-state index in [9.17, 15) is 19.2 Å². The van der Waals surface area contributed by atoms with Crippen molar-refractivity contribution in [1.29, 1.82) is 0 Å². The van der Waals surface area contributed by atoms with Crippen LogP contribution in [0.1, 0.15) is 67.7 Å². The molecule has 2 aromatic carbocycles. The molecule has 0 radical (unpaired) electrons. The van der Waals surface area contributed by atoms with Crippen molar-refractivity contribution in [3.05, 3.63) is 59.7 Å². The molecule has 10 heteroatoms. The van der Waals surface area contributed by atoms with Gasteiger partial charge in [-0.1, -0.05) is 27.7 Å². The molecule has 0 aliphatic carbocycles. The molecule has 0 fully saturated rings. The Labute approximate surface area is 217 Å². The largest absolute Gasteiger partial charge is 0.493 e. The van der Waals surface area contributed by atoms with E-state index in [0.717, 1.165) is 0 Å². The average Bonchev–Trinajstić information content (AvgIpc) is 2.88. The highest BCUT2D eigenvalue weighted by molar-refractivity contribution is 5.96. The number of carbonyl (C=O) groups excluding carboxylic acids is 4. The minimum atomic E-state index is -0.469. The second-order valence-corrected chi connectivity index (χ2v) is 9.32. The van der Waals surface area contributed by atoms with Crippen molar-refractivity contribution >= 4 is 23.6 Å². The van der Waals surface area contributed by atoms with Crippen LogP contribution in [0.3, 0.4) is 0 Å². The van der Waals surface area contributed by atoms with Gasteiger partial charge in [0.2, 0.25) is 11.8 Å². The Morgan fingerprint density at radius 3 is 1.27 bits per heavy atom. The third-order valence-electron chi connectivity index (χ3n) is 4.84. The van der Waals surface area contributed by atoms with Gasteiger partial charge in [0.25, 0.3) is 11.8 Å².